The van der Waals surface area contributed by atoms with Gasteiger partial charge in [0.2, 0.25) is 0 Å². The molecule has 0 saturated carbocycles. The maximum absolute atomic E-state index is 13.5. The minimum atomic E-state index is -0.492. The lowest BCUT2D eigenvalue weighted by molar-refractivity contribution is -0.174. The first-order valence-corrected chi connectivity index (χ1v) is 8.89. The molecule has 0 radical (unpaired) electrons. The van der Waals surface area contributed by atoms with Crippen molar-refractivity contribution in [3.8, 4) is 0 Å². The second-order valence-electron chi connectivity index (χ2n) is 7.18. The third-order valence-corrected chi connectivity index (χ3v) is 5.75. The van der Waals surface area contributed by atoms with Gasteiger partial charge in [0.25, 0.3) is 5.91 Å². The van der Waals surface area contributed by atoms with Crippen molar-refractivity contribution in [2.45, 2.75) is 44.3 Å². The van der Waals surface area contributed by atoms with Gasteiger partial charge in [-0.15, -0.1) is 0 Å². The fourth-order valence-electron chi connectivity index (χ4n) is 4.15. The van der Waals surface area contributed by atoms with Gasteiger partial charge in [0.05, 0.1) is 11.7 Å². The summed E-state index contributed by atoms with van der Waals surface area (Å²) in [4.78, 5) is 17.9. The number of aliphatic hydroxyl groups excluding tert-OH is 1. The molecule has 134 valence electrons. The zero-order valence-electron chi connectivity index (χ0n) is 14.3. The van der Waals surface area contributed by atoms with Crippen LogP contribution in [0.4, 0.5) is 4.39 Å². The Balaban J connectivity index is 1.54. The van der Waals surface area contributed by atoms with E-state index >= 15 is 0 Å². The van der Waals surface area contributed by atoms with Crippen molar-refractivity contribution in [3.63, 3.8) is 0 Å². The van der Waals surface area contributed by atoms with Gasteiger partial charge in [-0.1, -0.05) is 0 Å². The van der Waals surface area contributed by atoms with E-state index in [0.717, 1.165) is 29.3 Å². The minimum Gasteiger partial charge on any atom is -0.390 e. The first-order valence-electron chi connectivity index (χ1n) is 8.89. The summed E-state index contributed by atoms with van der Waals surface area (Å²) in [6.45, 7) is 3.63. The van der Waals surface area contributed by atoms with E-state index in [1.165, 1.54) is 12.1 Å². The Morgan fingerprint density at radius 1 is 1.40 bits per heavy atom. The van der Waals surface area contributed by atoms with E-state index < -0.39 is 11.7 Å². The van der Waals surface area contributed by atoms with Crippen LogP contribution in [0.15, 0.2) is 18.2 Å². The van der Waals surface area contributed by atoms with E-state index in [1.807, 2.05) is 6.92 Å². The molecule has 25 heavy (non-hydrogen) atoms. The number of aryl methyl sites for hydroxylation is 1. The van der Waals surface area contributed by atoms with Crippen LogP contribution in [0, 0.1) is 12.7 Å². The molecule has 1 aromatic heterocycles. The Kier molecular flexibility index (Phi) is 4.04. The van der Waals surface area contributed by atoms with Gasteiger partial charge in [-0.2, -0.15) is 0 Å². The highest BCUT2D eigenvalue weighted by molar-refractivity contribution is 6.00. The van der Waals surface area contributed by atoms with Gasteiger partial charge in [-0.3, -0.25) is 4.79 Å². The molecule has 6 heteroatoms. The lowest BCUT2D eigenvalue weighted by Crippen LogP contribution is -2.56. The van der Waals surface area contributed by atoms with Crippen molar-refractivity contribution < 1.29 is 19.0 Å². The van der Waals surface area contributed by atoms with Gasteiger partial charge < -0.3 is 19.7 Å². The highest BCUT2D eigenvalue weighted by Crippen LogP contribution is 2.36. The fourth-order valence-corrected chi connectivity index (χ4v) is 4.15. The van der Waals surface area contributed by atoms with Crippen LogP contribution in [0.1, 0.15) is 41.7 Å². The van der Waals surface area contributed by atoms with Gasteiger partial charge in [-0.05, 0) is 56.4 Å². The second-order valence-corrected chi connectivity index (χ2v) is 7.18. The predicted octanol–water partition coefficient (Wildman–Crippen LogP) is 2.76. The Hall–Kier alpha value is -1.92. The lowest BCUT2D eigenvalue weighted by atomic mass is 9.82. The first-order chi connectivity index (χ1) is 12.0. The molecule has 2 aliphatic rings. The van der Waals surface area contributed by atoms with Gasteiger partial charge in [0.15, 0.2) is 0 Å². The van der Waals surface area contributed by atoms with Crippen molar-refractivity contribution in [1.29, 1.82) is 0 Å². The number of nitrogens with zero attached hydrogens (tertiary/aromatic N) is 1. The number of carbonyl (C=O) groups is 1. The number of aromatic nitrogens is 1. The molecule has 3 heterocycles. The van der Waals surface area contributed by atoms with Crippen molar-refractivity contribution in [1.82, 2.24) is 9.88 Å². The molecular weight excluding hydrogens is 323 g/mol. The zero-order valence-corrected chi connectivity index (χ0v) is 14.3. The van der Waals surface area contributed by atoms with Crippen LogP contribution in [0.2, 0.25) is 0 Å². The maximum atomic E-state index is 13.5. The fraction of sp³-hybridized carbons (Fsp3) is 0.526. The molecule has 1 spiro atoms. The number of likely N-dealkylation sites (tertiary alicyclic amines) is 1. The Morgan fingerprint density at radius 3 is 2.88 bits per heavy atom. The number of hydrogen-bond acceptors (Lipinski definition) is 3. The largest absolute Gasteiger partial charge is 0.390 e. The molecular formula is C19H23FN2O3. The summed E-state index contributed by atoms with van der Waals surface area (Å²) in [7, 11) is 0. The average Bonchev–Trinajstić information content (AvgIpc) is 2.94. The van der Waals surface area contributed by atoms with E-state index in [9.17, 15) is 14.3 Å². The molecule has 2 aromatic rings. The molecule has 0 unspecified atom stereocenters. The number of carbonyl (C=O) groups excluding carboxylic acids is 1. The number of aliphatic hydroxyl groups is 1. The average molecular weight is 346 g/mol. The number of benzene rings is 1. The number of amides is 1. The molecule has 4 rings (SSSR count). The second kappa shape index (κ2) is 6.11. The Bertz CT molecular complexity index is 808. The van der Waals surface area contributed by atoms with Gasteiger partial charge in [0.1, 0.15) is 11.5 Å². The van der Waals surface area contributed by atoms with E-state index in [2.05, 4.69) is 4.98 Å². The number of H-pyrrole nitrogens is 1. The van der Waals surface area contributed by atoms with Crippen LogP contribution in [0.3, 0.4) is 0 Å². The topological polar surface area (TPSA) is 65.6 Å². The Morgan fingerprint density at radius 2 is 2.16 bits per heavy atom. The molecule has 1 atom stereocenters. The molecule has 0 bridgehead atoms. The highest BCUT2D eigenvalue weighted by Gasteiger charge is 2.44. The van der Waals surface area contributed by atoms with Crippen molar-refractivity contribution in [3.05, 3.63) is 35.3 Å². The normalized spacial score (nSPS) is 23.3. The van der Waals surface area contributed by atoms with Gasteiger partial charge >= 0.3 is 0 Å². The van der Waals surface area contributed by atoms with Crippen molar-refractivity contribution >= 4 is 16.8 Å². The number of fused-ring (bicyclic) bond motifs is 1. The van der Waals surface area contributed by atoms with E-state index in [0.29, 0.717) is 38.2 Å². The molecule has 2 N–H and O–H groups in total. The minimum absolute atomic E-state index is 0.0748. The van der Waals surface area contributed by atoms with Crippen molar-refractivity contribution in [2.24, 2.45) is 0 Å². The molecule has 1 aromatic carbocycles. The van der Waals surface area contributed by atoms with Crippen molar-refractivity contribution in [2.75, 3.05) is 19.7 Å². The Labute approximate surface area is 145 Å². The predicted molar refractivity (Wildman–Crippen MR) is 92.1 cm³/mol. The van der Waals surface area contributed by atoms with E-state index in [4.69, 9.17) is 4.74 Å². The monoisotopic (exact) mass is 346 g/mol. The number of piperidine rings is 1. The number of ether oxygens (including phenoxy) is 1. The standard InChI is InChI=1S/C19H23FN2O3/c1-12-14-11-13(20)4-5-15(14)21-17(12)18(24)22-8-6-19(7-9-22)16(23)3-2-10-25-19/h4-5,11,16,21,23H,2-3,6-10H2,1H3/t16-/m1/s1. The molecule has 5 nitrogen and oxygen atoms in total. The number of aromatic amines is 1. The summed E-state index contributed by atoms with van der Waals surface area (Å²) in [6, 6.07) is 4.50. The van der Waals surface area contributed by atoms with E-state index in [-0.39, 0.29) is 11.7 Å². The molecule has 0 aliphatic carbocycles. The number of nitrogens with one attached hydrogen (secondary N) is 1. The SMILES string of the molecule is Cc1c(C(=O)N2CCC3(CC2)OCCC[C@H]3O)[nH]c2ccc(F)cc12. The highest BCUT2D eigenvalue weighted by atomic mass is 19.1. The number of rotatable bonds is 1. The van der Waals surface area contributed by atoms with Crippen LogP contribution >= 0.6 is 0 Å². The van der Waals surface area contributed by atoms with Crippen LogP contribution in [0.25, 0.3) is 10.9 Å². The summed E-state index contributed by atoms with van der Waals surface area (Å²) >= 11 is 0. The van der Waals surface area contributed by atoms with Crippen LogP contribution in [-0.2, 0) is 4.74 Å². The quantitative estimate of drug-likeness (QED) is 0.834. The molecule has 2 aliphatic heterocycles. The summed E-state index contributed by atoms with van der Waals surface area (Å²) < 4.78 is 19.4. The lowest BCUT2D eigenvalue weighted by Gasteiger charge is -2.46. The third kappa shape index (κ3) is 2.73. The van der Waals surface area contributed by atoms with E-state index in [1.54, 1.807) is 11.0 Å². The molecule has 2 saturated heterocycles. The zero-order chi connectivity index (χ0) is 17.6. The number of halogens is 1. The van der Waals surface area contributed by atoms with Crippen LogP contribution < -0.4 is 0 Å². The number of hydrogen-bond donors (Lipinski definition) is 2. The summed E-state index contributed by atoms with van der Waals surface area (Å²) in [5.41, 5.74) is 1.56. The first kappa shape index (κ1) is 16.5. The molecule has 1 amide bonds. The summed E-state index contributed by atoms with van der Waals surface area (Å²) in [5, 5.41) is 11.1. The van der Waals surface area contributed by atoms with Crippen LogP contribution in [0.5, 0.6) is 0 Å². The smallest absolute Gasteiger partial charge is 0.270 e. The summed E-state index contributed by atoms with van der Waals surface area (Å²) in [6.07, 6.45) is 2.50. The van der Waals surface area contributed by atoms with Gasteiger partial charge in [0, 0.05) is 30.6 Å². The maximum Gasteiger partial charge on any atom is 0.270 e. The summed E-state index contributed by atoms with van der Waals surface area (Å²) in [5.74, 6) is -0.383. The third-order valence-electron chi connectivity index (χ3n) is 5.75. The van der Waals surface area contributed by atoms with Gasteiger partial charge in [-0.25, -0.2) is 4.39 Å². The molecule has 2 fully saturated rings. The van der Waals surface area contributed by atoms with Crippen LogP contribution in [-0.4, -0.2) is 52.3 Å².